The Morgan fingerprint density at radius 2 is 2.20 bits per heavy atom. The maximum absolute atomic E-state index is 6.11. The van der Waals surface area contributed by atoms with E-state index < -0.39 is 0 Å². The smallest absolute Gasteiger partial charge is 0.225 e. The molecule has 0 saturated carbocycles. The molecule has 4 nitrogen and oxygen atoms in total. The van der Waals surface area contributed by atoms with Gasteiger partial charge < -0.3 is 4.90 Å². The van der Waals surface area contributed by atoms with Crippen molar-refractivity contribution >= 4 is 39.0 Å². The van der Waals surface area contributed by atoms with Crippen LogP contribution < -0.4 is 4.90 Å². The molecule has 4 heterocycles. The van der Waals surface area contributed by atoms with Crippen molar-refractivity contribution in [1.82, 2.24) is 14.9 Å². The summed E-state index contributed by atoms with van der Waals surface area (Å²) in [6.07, 6.45) is 2.64. The predicted octanol–water partition coefficient (Wildman–Crippen LogP) is 2.94. The molecule has 0 aliphatic carbocycles. The molecule has 1 atom stereocenters. The van der Waals surface area contributed by atoms with Crippen LogP contribution in [0.3, 0.4) is 0 Å². The molecule has 0 spiro atoms. The van der Waals surface area contributed by atoms with Crippen molar-refractivity contribution in [2.45, 2.75) is 25.8 Å². The molecule has 0 N–H and O–H groups in total. The van der Waals surface area contributed by atoms with E-state index in [1.807, 2.05) is 0 Å². The lowest BCUT2D eigenvalue weighted by Gasteiger charge is -2.38. The molecule has 106 valence electrons. The van der Waals surface area contributed by atoms with Crippen LogP contribution in [-0.4, -0.2) is 47.1 Å². The van der Waals surface area contributed by atoms with Gasteiger partial charge in [-0.15, -0.1) is 11.3 Å². The number of piperazine rings is 1. The van der Waals surface area contributed by atoms with Gasteiger partial charge in [-0.2, -0.15) is 4.98 Å². The zero-order valence-electron chi connectivity index (χ0n) is 11.5. The highest BCUT2D eigenvalue weighted by Crippen LogP contribution is 2.33. The number of nitrogens with zero attached hydrogens (tertiary/aromatic N) is 4. The second kappa shape index (κ2) is 4.83. The Morgan fingerprint density at radius 1 is 1.30 bits per heavy atom. The van der Waals surface area contributed by atoms with Crippen molar-refractivity contribution in [1.29, 1.82) is 0 Å². The summed E-state index contributed by atoms with van der Waals surface area (Å²) in [5.74, 6) is 1.02. The number of halogens is 1. The highest BCUT2D eigenvalue weighted by atomic mass is 35.5. The van der Waals surface area contributed by atoms with Crippen molar-refractivity contribution in [2.24, 2.45) is 0 Å². The topological polar surface area (TPSA) is 32.3 Å². The van der Waals surface area contributed by atoms with Crippen molar-refractivity contribution < 1.29 is 0 Å². The van der Waals surface area contributed by atoms with E-state index >= 15 is 0 Å². The number of aryl methyl sites for hydroxylation is 1. The zero-order chi connectivity index (χ0) is 13.7. The van der Waals surface area contributed by atoms with E-state index in [2.05, 4.69) is 32.8 Å². The van der Waals surface area contributed by atoms with Crippen LogP contribution in [-0.2, 0) is 0 Å². The van der Waals surface area contributed by atoms with E-state index in [-0.39, 0.29) is 0 Å². The summed E-state index contributed by atoms with van der Waals surface area (Å²) in [6.45, 7) is 6.61. The molecule has 6 heteroatoms. The highest BCUT2D eigenvalue weighted by Gasteiger charge is 2.31. The molecule has 4 rings (SSSR count). The van der Waals surface area contributed by atoms with Crippen LogP contribution in [0.25, 0.3) is 10.2 Å². The van der Waals surface area contributed by atoms with Gasteiger partial charge in [-0.3, -0.25) is 4.90 Å². The van der Waals surface area contributed by atoms with Gasteiger partial charge in [0.1, 0.15) is 10.6 Å². The minimum Gasteiger partial charge on any atom is -0.353 e. The first-order chi connectivity index (χ1) is 9.70. The number of thiophene rings is 1. The highest BCUT2D eigenvalue weighted by molar-refractivity contribution is 7.18. The van der Waals surface area contributed by atoms with Gasteiger partial charge in [-0.1, -0.05) is 0 Å². The van der Waals surface area contributed by atoms with Crippen LogP contribution in [0.5, 0.6) is 0 Å². The van der Waals surface area contributed by atoms with Gasteiger partial charge in [0, 0.05) is 30.6 Å². The molecule has 2 aliphatic heterocycles. The van der Waals surface area contributed by atoms with Gasteiger partial charge in [-0.05, 0) is 44.0 Å². The van der Waals surface area contributed by atoms with E-state index in [1.54, 1.807) is 11.3 Å². The molecule has 0 radical (unpaired) electrons. The number of hydrogen-bond acceptors (Lipinski definition) is 5. The third kappa shape index (κ3) is 2.08. The third-order valence-corrected chi connectivity index (χ3v) is 5.47. The molecule has 20 heavy (non-hydrogen) atoms. The second-order valence-corrected chi connectivity index (χ2v) is 7.24. The van der Waals surface area contributed by atoms with E-state index in [0.29, 0.717) is 11.3 Å². The Balaban J connectivity index is 1.74. The van der Waals surface area contributed by atoms with Crippen molar-refractivity contribution in [3.05, 3.63) is 16.2 Å². The van der Waals surface area contributed by atoms with Crippen LogP contribution in [0.1, 0.15) is 17.7 Å². The van der Waals surface area contributed by atoms with Crippen LogP contribution in [0, 0.1) is 6.92 Å². The van der Waals surface area contributed by atoms with E-state index in [4.69, 9.17) is 11.6 Å². The van der Waals surface area contributed by atoms with Crippen LogP contribution in [0.15, 0.2) is 6.07 Å². The molecule has 0 bridgehead atoms. The minimum absolute atomic E-state index is 0.364. The lowest BCUT2D eigenvalue weighted by atomic mass is 10.1. The Morgan fingerprint density at radius 3 is 3.10 bits per heavy atom. The van der Waals surface area contributed by atoms with Gasteiger partial charge in [0.2, 0.25) is 5.28 Å². The van der Waals surface area contributed by atoms with E-state index in [0.717, 1.165) is 35.7 Å². The third-order valence-electron chi connectivity index (χ3n) is 4.36. The Hall–Kier alpha value is -0.910. The molecule has 2 aromatic rings. The van der Waals surface area contributed by atoms with Gasteiger partial charge in [0.15, 0.2) is 0 Å². The predicted molar refractivity (Wildman–Crippen MR) is 84.0 cm³/mol. The second-order valence-electron chi connectivity index (χ2n) is 5.67. The van der Waals surface area contributed by atoms with Gasteiger partial charge in [0.05, 0.1) is 5.39 Å². The SMILES string of the molecule is Cc1cc2c(N3CCN4CCCC4C3)nc(Cl)nc2s1. The zero-order valence-corrected chi connectivity index (χ0v) is 13.0. The van der Waals surface area contributed by atoms with E-state index in [1.165, 1.54) is 24.3 Å². The summed E-state index contributed by atoms with van der Waals surface area (Å²) in [6, 6.07) is 2.87. The quantitative estimate of drug-likeness (QED) is 0.758. The first kappa shape index (κ1) is 12.8. The maximum atomic E-state index is 6.11. The average Bonchev–Trinajstić information content (AvgIpc) is 3.01. The monoisotopic (exact) mass is 308 g/mol. The lowest BCUT2D eigenvalue weighted by Crippen LogP contribution is -2.50. The Labute approximate surface area is 127 Å². The molecule has 2 aromatic heterocycles. The minimum atomic E-state index is 0.364. The fraction of sp³-hybridized carbons (Fsp3) is 0.571. The van der Waals surface area contributed by atoms with Crippen LogP contribution >= 0.6 is 22.9 Å². The number of hydrogen-bond donors (Lipinski definition) is 0. The first-order valence-corrected chi connectivity index (χ1v) is 8.33. The Bertz CT molecular complexity index is 656. The largest absolute Gasteiger partial charge is 0.353 e. The molecule has 0 amide bonds. The molecular weight excluding hydrogens is 292 g/mol. The molecule has 2 saturated heterocycles. The van der Waals surface area contributed by atoms with Crippen LogP contribution in [0.4, 0.5) is 5.82 Å². The number of rotatable bonds is 1. The first-order valence-electron chi connectivity index (χ1n) is 7.13. The lowest BCUT2D eigenvalue weighted by molar-refractivity contribution is 0.230. The summed E-state index contributed by atoms with van der Waals surface area (Å²) in [5.41, 5.74) is 0. The summed E-state index contributed by atoms with van der Waals surface area (Å²) in [4.78, 5) is 16.1. The van der Waals surface area contributed by atoms with Gasteiger partial charge >= 0.3 is 0 Å². The molecule has 0 aromatic carbocycles. The normalized spacial score (nSPS) is 23.5. The molecule has 2 aliphatic rings. The maximum Gasteiger partial charge on any atom is 0.225 e. The number of anilines is 1. The molecule has 1 unspecified atom stereocenters. The van der Waals surface area contributed by atoms with Crippen LogP contribution in [0.2, 0.25) is 5.28 Å². The molecular formula is C14H17ClN4S. The number of fused-ring (bicyclic) bond motifs is 2. The average molecular weight is 309 g/mol. The van der Waals surface area contributed by atoms with Crippen molar-refractivity contribution in [2.75, 3.05) is 31.1 Å². The number of aromatic nitrogens is 2. The summed E-state index contributed by atoms with van der Waals surface area (Å²) in [7, 11) is 0. The Kier molecular flexibility index (Phi) is 3.09. The van der Waals surface area contributed by atoms with Gasteiger partial charge in [-0.25, -0.2) is 4.98 Å². The fourth-order valence-electron chi connectivity index (χ4n) is 3.43. The van der Waals surface area contributed by atoms with E-state index in [9.17, 15) is 0 Å². The summed E-state index contributed by atoms with van der Waals surface area (Å²) in [5, 5.41) is 1.52. The summed E-state index contributed by atoms with van der Waals surface area (Å²) < 4.78 is 0. The standard InChI is InChI=1S/C14H17ClN4S/c1-9-7-11-12(16-14(15)17-13(11)20-9)19-6-5-18-4-2-3-10(18)8-19/h7,10H,2-6,8H2,1H3. The van der Waals surface area contributed by atoms with Crippen molar-refractivity contribution in [3.8, 4) is 0 Å². The summed E-state index contributed by atoms with van der Waals surface area (Å²) >= 11 is 7.80. The van der Waals surface area contributed by atoms with Gasteiger partial charge in [0.25, 0.3) is 0 Å². The fourth-order valence-corrected chi connectivity index (χ4v) is 4.51. The van der Waals surface area contributed by atoms with Crippen molar-refractivity contribution in [3.63, 3.8) is 0 Å². The molecule has 2 fully saturated rings.